The first-order valence-corrected chi connectivity index (χ1v) is 5.46. The third kappa shape index (κ3) is 2.41. The smallest absolute Gasteiger partial charge is 0.352 e. The predicted molar refractivity (Wildman–Crippen MR) is 73.8 cm³/mol. The van der Waals surface area contributed by atoms with Gasteiger partial charge in [0.25, 0.3) is 0 Å². The molecule has 0 bridgehead atoms. The van der Waals surface area contributed by atoms with Gasteiger partial charge in [0.15, 0.2) is 5.84 Å². The van der Waals surface area contributed by atoms with Crippen LogP contribution in [-0.2, 0) is 0 Å². The minimum atomic E-state index is -1.07. The van der Waals surface area contributed by atoms with Crippen LogP contribution >= 0.6 is 0 Å². The number of aromatic carboxylic acids is 1. The molecule has 6 N–H and O–H groups in total. The molecular formula is C12H10N6O2. The number of rotatable bonds is 4. The SMILES string of the molecule is N#C/C(=N\Nc1cccc2[nH]c(C(=O)O)cc12)C(=N)N. The summed E-state index contributed by atoms with van der Waals surface area (Å²) in [4.78, 5) is 13.7. The summed E-state index contributed by atoms with van der Waals surface area (Å²) in [6.45, 7) is 0. The van der Waals surface area contributed by atoms with Gasteiger partial charge >= 0.3 is 5.97 Å². The number of aromatic nitrogens is 1. The van der Waals surface area contributed by atoms with Crippen LogP contribution in [0.15, 0.2) is 29.4 Å². The van der Waals surface area contributed by atoms with Gasteiger partial charge in [0.05, 0.1) is 5.69 Å². The summed E-state index contributed by atoms with van der Waals surface area (Å²) in [6.07, 6.45) is 0. The highest BCUT2D eigenvalue weighted by atomic mass is 16.4. The molecule has 0 saturated carbocycles. The third-order valence-electron chi connectivity index (χ3n) is 2.54. The van der Waals surface area contributed by atoms with Gasteiger partial charge in [0.2, 0.25) is 5.71 Å². The van der Waals surface area contributed by atoms with Crippen LogP contribution in [0.1, 0.15) is 10.5 Å². The fraction of sp³-hybridized carbons (Fsp3) is 0. The van der Waals surface area contributed by atoms with E-state index in [0.717, 1.165) is 0 Å². The molecule has 0 unspecified atom stereocenters. The zero-order chi connectivity index (χ0) is 14.7. The Bertz CT molecular complexity index is 768. The van der Waals surface area contributed by atoms with Crippen molar-refractivity contribution in [2.45, 2.75) is 0 Å². The van der Waals surface area contributed by atoms with E-state index in [1.807, 2.05) is 0 Å². The summed E-state index contributed by atoms with van der Waals surface area (Å²) >= 11 is 0. The molecule has 1 heterocycles. The van der Waals surface area contributed by atoms with Crippen molar-refractivity contribution in [1.29, 1.82) is 10.7 Å². The van der Waals surface area contributed by atoms with Crippen LogP contribution in [0.4, 0.5) is 5.69 Å². The number of nitrogens with zero attached hydrogens (tertiary/aromatic N) is 2. The van der Waals surface area contributed by atoms with Gasteiger partial charge in [-0.05, 0) is 18.2 Å². The van der Waals surface area contributed by atoms with Crippen molar-refractivity contribution >= 4 is 34.1 Å². The Morgan fingerprint density at radius 2 is 2.30 bits per heavy atom. The molecule has 0 aliphatic heterocycles. The number of carboxylic acid groups (broad SMARTS) is 1. The van der Waals surface area contributed by atoms with Gasteiger partial charge in [-0.25, -0.2) is 4.79 Å². The molecule has 1 aromatic heterocycles. The number of nitriles is 1. The average Bonchev–Trinajstić information content (AvgIpc) is 2.84. The van der Waals surface area contributed by atoms with Crippen LogP contribution in [0.25, 0.3) is 10.9 Å². The summed E-state index contributed by atoms with van der Waals surface area (Å²) in [6, 6.07) is 8.21. The highest BCUT2D eigenvalue weighted by Gasteiger charge is 2.10. The van der Waals surface area contributed by atoms with Crippen molar-refractivity contribution < 1.29 is 9.90 Å². The van der Waals surface area contributed by atoms with E-state index in [2.05, 4.69) is 15.5 Å². The number of hydrogen-bond acceptors (Lipinski definition) is 5. The largest absolute Gasteiger partial charge is 0.477 e. The van der Waals surface area contributed by atoms with E-state index >= 15 is 0 Å². The number of fused-ring (bicyclic) bond motifs is 1. The first-order chi connectivity index (χ1) is 9.52. The number of carboxylic acids is 1. The van der Waals surface area contributed by atoms with E-state index in [0.29, 0.717) is 16.6 Å². The van der Waals surface area contributed by atoms with E-state index in [9.17, 15) is 4.79 Å². The van der Waals surface area contributed by atoms with Crippen LogP contribution in [0.3, 0.4) is 0 Å². The molecule has 8 nitrogen and oxygen atoms in total. The molecule has 0 atom stereocenters. The summed E-state index contributed by atoms with van der Waals surface area (Å²) in [5.41, 5.74) is 8.69. The summed E-state index contributed by atoms with van der Waals surface area (Å²) in [7, 11) is 0. The fourth-order valence-electron chi connectivity index (χ4n) is 1.63. The Balaban J connectivity index is 2.43. The van der Waals surface area contributed by atoms with E-state index in [4.69, 9.17) is 21.5 Å². The molecule has 0 amide bonds. The van der Waals surface area contributed by atoms with E-state index < -0.39 is 11.8 Å². The number of aromatic amines is 1. The van der Waals surface area contributed by atoms with Crippen molar-refractivity contribution in [3.63, 3.8) is 0 Å². The first kappa shape index (κ1) is 13.1. The van der Waals surface area contributed by atoms with Crippen LogP contribution in [-0.4, -0.2) is 27.6 Å². The first-order valence-electron chi connectivity index (χ1n) is 5.46. The minimum Gasteiger partial charge on any atom is -0.477 e. The van der Waals surface area contributed by atoms with Gasteiger partial charge in [-0.2, -0.15) is 10.4 Å². The molecule has 20 heavy (non-hydrogen) atoms. The monoisotopic (exact) mass is 270 g/mol. The number of hydrazone groups is 1. The lowest BCUT2D eigenvalue weighted by Gasteiger charge is -2.02. The number of carbonyl (C=O) groups is 1. The van der Waals surface area contributed by atoms with Crippen LogP contribution in [0.5, 0.6) is 0 Å². The molecule has 0 spiro atoms. The quantitative estimate of drug-likeness (QED) is 0.320. The van der Waals surface area contributed by atoms with Gasteiger partial charge in [-0.1, -0.05) is 6.07 Å². The number of nitrogens with two attached hydrogens (primary N) is 1. The lowest BCUT2D eigenvalue weighted by atomic mass is 10.2. The van der Waals surface area contributed by atoms with Crippen LogP contribution in [0, 0.1) is 16.7 Å². The Morgan fingerprint density at radius 1 is 1.55 bits per heavy atom. The number of hydrogen-bond donors (Lipinski definition) is 5. The summed E-state index contributed by atoms with van der Waals surface area (Å²) in [5, 5.41) is 29.1. The molecule has 0 saturated heterocycles. The Kier molecular flexibility index (Phi) is 3.35. The van der Waals surface area contributed by atoms with Gasteiger partial charge in [0, 0.05) is 10.9 Å². The molecular weight excluding hydrogens is 260 g/mol. The van der Waals surface area contributed by atoms with Gasteiger partial charge in [0.1, 0.15) is 11.8 Å². The second-order valence-electron chi connectivity index (χ2n) is 3.85. The van der Waals surface area contributed by atoms with E-state index in [1.54, 1.807) is 24.3 Å². The predicted octanol–water partition coefficient (Wildman–Crippen LogP) is 1.09. The highest BCUT2D eigenvalue weighted by molar-refractivity contribution is 6.45. The van der Waals surface area contributed by atoms with Crippen molar-refractivity contribution in [2.24, 2.45) is 10.8 Å². The number of nitrogens with one attached hydrogen (secondary N) is 3. The average molecular weight is 270 g/mol. The van der Waals surface area contributed by atoms with E-state index in [-0.39, 0.29) is 11.4 Å². The van der Waals surface area contributed by atoms with Gasteiger partial charge in [-0.15, -0.1) is 0 Å². The molecule has 0 aliphatic carbocycles. The lowest BCUT2D eigenvalue weighted by molar-refractivity contribution is 0.0691. The maximum atomic E-state index is 10.9. The van der Waals surface area contributed by atoms with Gasteiger partial charge in [-0.3, -0.25) is 10.8 Å². The molecule has 0 aliphatic rings. The molecule has 8 heteroatoms. The zero-order valence-corrected chi connectivity index (χ0v) is 10.1. The molecule has 100 valence electrons. The second kappa shape index (κ2) is 5.11. The number of H-pyrrole nitrogens is 1. The molecule has 0 radical (unpaired) electrons. The molecule has 2 rings (SSSR count). The third-order valence-corrected chi connectivity index (χ3v) is 2.54. The maximum absolute atomic E-state index is 10.9. The molecule has 0 fully saturated rings. The number of anilines is 1. The van der Waals surface area contributed by atoms with Crippen molar-refractivity contribution in [2.75, 3.05) is 5.43 Å². The fourth-order valence-corrected chi connectivity index (χ4v) is 1.63. The Hall–Kier alpha value is -3.34. The maximum Gasteiger partial charge on any atom is 0.352 e. The van der Waals surface area contributed by atoms with Crippen molar-refractivity contribution in [1.82, 2.24) is 4.98 Å². The van der Waals surface area contributed by atoms with Crippen molar-refractivity contribution in [3.05, 3.63) is 30.0 Å². The minimum absolute atomic E-state index is 0.0466. The van der Waals surface area contributed by atoms with Crippen LogP contribution in [0.2, 0.25) is 0 Å². The second-order valence-corrected chi connectivity index (χ2v) is 3.85. The highest BCUT2D eigenvalue weighted by Crippen LogP contribution is 2.24. The van der Waals surface area contributed by atoms with Crippen LogP contribution < -0.4 is 11.2 Å². The van der Waals surface area contributed by atoms with Crippen molar-refractivity contribution in [3.8, 4) is 6.07 Å². The molecule has 2 aromatic rings. The number of benzene rings is 1. The van der Waals surface area contributed by atoms with E-state index in [1.165, 1.54) is 6.07 Å². The normalized spacial score (nSPS) is 11.1. The Labute approximate surface area is 113 Å². The topological polar surface area (TPSA) is 151 Å². The Morgan fingerprint density at radius 3 is 2.90 bits per heavy atom. The summed E-state index contributed by atoms with van der Waals surface area (Å²) in [5.74, 6) is -1.52. The standard InChI is InChI=1S/C12H10N6O2/c13-5-10(11(14)15)18-17-8-3-1-2-7-6(8)4-9(16-7)12(19)20/h1-4,16-17H,(H3,14,15)(H,19,20)/b18-10+. The zero-order valence-electron chi connectivity index (χ0n) is 10.1. The lowest BCUT2D eigenvalue weighted by Crippen LogP contribution is -2.21. The summed E-state index contributed by atoms with van der Waals surface area (Å²) < 4.78 is 0. The van der Waals surface area contributed by atoms with Gasteiger partial charge < -0.3 is 15.8 Å². The molecule has 1 aromatic carbocycles. The number of amidine groups is 1.